The standard InChI is InChI=1S/C20H20FN3S/c1-13-9-14(2)17(15(3)10-13)11-23-24-19(12-25-20(24)22-4)16-7-5-6-8-18(16)21/h5-12H,1-4H3. The zero-order chi connectivity index (χ0) is 18.0. The largest absolute Gasteiger partial charge is 0.261 e. The first-order chi connectivity index (χ1) is 12.0. The molecular weight excluding hydrogens is 333 g/mol. The Kier molecular flexibility index (Phi) is 4.95. The third-order valence-electron chi connectivity index (χ3n) is 4.07. The molecule has 3 nitrogen and oxygen atoms in total. The minimum Gasteiger partial charge on any atom is -0.261 e. The van der Waals surface area contributed by atoms with Crippen LogP contribution in [0.2, 0.25) is 0 Å². The third-order valence-corrected chi connectivity index (χ3v) is 4.97. The summed E-state index contributed by atoms with van der Waals surface area (Å²) in [5, 5.41) is 6.50. The van der Waals surface area contributed by atoms with Crippen molar-refractivity contribution in [1.82, 2.24) is 4.68 Å². The van der Waals surface area contributed by atoms with E-state index in [0.717, 1.165) is 10.4 Å². The van der Waals surface area contributed by atoms with Gasteiger partial charge in [-0.3, -0.25) is 4.99 Å². The van der Waals surface area contributed by atoms with Crippen LogP contribution in [0.15, 0.2) is 51.9 Å². The molecule has 0 unspecified atom stereocenters. The van der Waals surface area contributed by atoms with Crippen LogP contribution in [-0.4, -0.2) is 17.9 Å². The highest BCUT2D eigenvalue weighted by molar-refractivity contribution is 7.07. The molecule has 0 atom stereocenters. The summed E-state index contributed by atoms with van der Waals surface area (Å²) in [5.41, 5.74) is 5.85. The average molecular weight is 353 g/mol. The summed E-state index contributed by atoms with van der Waals surface area (Å²) in [4.78, 5) is 4.98. The molecule has 0 amide bonds. The van der Waals surface area contributed by atoms with E-state index in [2.05, 4.69) is 43.0 Å². The number of rotatable bonds is 3. The Hall–Kier alpha value is -2.53. The van der Waals surface area contributed by atoms with E-state index in [1.807, 2.05) is 17.7 Å². The highest BCUT2D eigenvalue weighted by atomic mass is 32.1. The van der Waals surface area contributed by atoms with E-state index >= 15 is 0 Å². The lowest BCUT2D eigenvalue weighted by molar-refractivity contribution is 0.629. The Morgan fingerprint density at radius 3 is 2.40 bits per heavy atom. The van der Waals surface area contributed by atoms with Crippen LogP contribution in [-0.2, 0) is 0 Å². The Labute approximate surface area is 150 Å². The van der Waals surface area contributed by atoms with Gasteiger partial charge < -0.3 is 0 Å². The molecule has 0 saturated carbocycles. The molecule has 2 aromatic carbocycles. The van der Waals surface area contributed by atoms with E-state index in [9.17, 15) is 4.39 Å². The molecule has 0 aliphatic carbocycles. The molecule has 1 aromatic heterocycles. The van der Waals surface area contributed by atoms with Gasteiger partial charge in [0.25, 0.3) is 0 Å². The minimum atomic E-state index is -0.269. The molecular formula is C20H20FN3S. The monoisotopic (exact) mass is 353 g/mol. The van der Waals surface area contributed by atoms with Crippen molar-refractivity contribution >= 4 is 17.6 Å². The molecule has 0 bridgehead atoms. The van der Waals surface area contributed by atoms with Crippen LogP contribution >= 0.6 is 11.3 Å². The predicted molar refractivity (Wildman–Crippen MR) is 103 cm³/mol. The van der Waals surface area contributed by atoms with Crippen molar-refractivity contribution in [2.24, 2.45) is 10.1 Å². The fourth-order valence-corrected chi connectivity index (χ4v) is 3.72. The van der Waals surface area contributed by atoms with Crippen molar-refractivity contribution in [2.75, 3.05) is 7.05 Å². The minimum absolute atomic E-state index is 0.269. The number of halogens is 1. The number of hydrogen-bond donors (Lipinski definition) is 0. The quantitative estimate of drug-likeness (QED) is 0.611. The summed E-state index contributed by atoms with van der Waals surface area (Å²) < 4.78 is 15.9. The number of aromatic nitrogens is 1. The van der Waals surface area contributed by atoms with Crippen molar-refractivity contribution in [3.63, 3.8) is 0 Å². The number of thiazole rings is 1. The van der Waals surface area contributed by atoms with Gasteiger partial charge in [-0.05, 0) is 44.0 Å². The third kappa shape index (κ3) is 3.46. The summed E-state index contributed by atoms with van der Waals surface area (Å²) in [5.74, 6) is -0.269. The smallest absolute Gasteiger partial charge is 0.205 e. The van der Waals surface area contributed by atoms with Crippen LogP contribution in [0.3, 0.4) is 0 Å². The second-order valence-electron chi connectivity index (χ2n) is 5.98. The van der Waals surface area contributed by atoms with Crippen LogP contribution in [0.25, 0.3) is 11.3 Å². The molecule has 128 valence electrons. The Bertz CT molecular complexity index is 989. The fraction of sp³-hybridized carbons (Fsp3) is 0.200. The van der Waals surface area contributed by atoms with Crippen molar-refractivity contribution in [3.05, 3.63) is 74.7 Å². The van der Waals surface area contributed by atoms with Crippen molar-refractivity contribution in [2.45, 2.75) is 20.8 Å². The molecule has 3 aromatic rings. The van der Waals surface area contributed by atoms with E-state index in [-0.39, 0.29) is 5.82 Å². The summed E-state index contributed by atoms with van der Waals surface area (Å²) in [6.45, 7) is 6.23. The van der Waals surface area contributed by atoms with Crippen LogP contribution in [0.5, 0.6) is 0 Å². The maximum Gasteiger partial charge on any atom is 0.205 e. The van der Waals surface area contributed by atoms with Gasteiger partial charge >= 0.3 is 0 Å². The maximum atomic E-state index is 14.2. The first-order valence-corrected chi connectivity index (χ1v) is 8.89. The van der Waals surface area contributed by atoms with Gasteiger partial charge in [-0.1, -0.05) is 29.8 Å². The van der Waals surface area contributed by atoms with Gasteiger partial charge in [-0.25, -0.2) is 9.07 Å². The van der Waals surface area contributed by atoms with Crippen LogP contribution in [0.1, 0.15) is 22.3 Å². The van der Waals surface area contributed by atoms with Gasteiger partial charge in [-0.15, -0.1) is 11.3 Å². The number of benzene rings is 2. The van der Waals surface area contributed by atoms with E-state index in [4.69, 9.17) is 0 Å². The van der Waals surface area contributed by atoms with Crippen LogP contribution in [0.4, 0.5) is 4.39 Å². The van der Waals surface area contributed by atoms with Crippen LogP contribution in [0, 0.1) is 26.6 Å². The zero-order valence-corrected chi connectivity index (χ0v) is 15.6. The van der Waals surface area contributed by atoms with Gasteiger partial charge in [0, 0.05) is 23.6 Å². The first-order valence-electron chi connectivity index (χ1n) is 8.01. The van der Waals surface area contributed by atoms with E-state index in [0.29, 0.717) is 11.3 Å². The summed E-state index contributed by atoms with van der Waals surface area (Å²) in [7, 11) is 1.71. The van der Waals surface area contributed by atoms with E-state index in [1.54, 1.807) is 23.9 Å². The molecule has 25 heavy (non-hydrogen) atoms. The molecule has 5 heteroatoms. The number of nitrogens with zero attached hydrogens (tertiary/aromatic N) is 3. The molecule has 0 aliphatic rings. The molecule has 1 heterocycles. The lowest BCUT2D eigenvalue weighted by Gasteiger charge is -2.08. The molecule has 0 fully saturated rings. The van der Waals surface area contributed by atoms with Crippen molar-refractivity contribution in [3.8, 4) is 11.3 Å². The molecule has 0 spiro atoms. The highest BCUT2D eigenvalue weighted by Crippen LogP contribution is 2.23. The van der Waals surface area contributed by atoms with E-state index in [1.165, 1.54) is 34.1 Å². The topological polar surface area (TPSA) is 29.6 Å². The van der Waals surface area contributed by atoms with Gasteiger partial charge in [0.15, 0.2) is 0 Å². The van der Waals surface area contributed by atoms with E-state index < -0.39 is 0 Å². The van der Waals surface area contributed by atoms with Crippen LogP contribution < -0.4 is 4.80 Å². The normalized spacial score (nSPS) is 12.3. The molecule has 0 saturated heterocycles. The Balaban J connectivity index is 2.13. The molecule has 0 N–H and O–H groups in total. The SMILES string of the molecule is CN=c1scc(-c2ccccc2F)n1N=Cc1c(C)cc(C)cc1C. The summed E-state index contributed by atoms with van der Waals surface area (Å²) >= 11 is 1.44. The summed E-state index contributed by atoms with van der Waals surface area (Å²) in [6, 6.07) is 11.0. The number of hydrogen-bond acceptors (Lipinski definition) is 3. The zero-order valence-electron chi connectivity index (χ0n) is 14.7. The average Bonchev–Trinajstić information content (AvgIpc) is 2.97. The Morgan fingerprint density at radius 1 is 1.08 bits per heavy atom. The lowest BCUT2D eigenvalue weighted by atomic mass is 10.0. The van der Waals surface area contributed by atoms with Crippen molar-refractivity contribution < 1.29 is 4.39 Å². The second kappa shape index (κ2) is 7.15. The highest BCUT2D eigenvalue weighted by Gasteiger charge is 2.11. The predicted octanol–water partition coefficient (Wildman–Crippen LogP) is 4.69. The van der Waals surface area contributed by atoms with Gasteiger partial charge in [0.1, 0.15) is 5.82 Å². The fourth-order valence-electron chi connectivity index (χ4n) is 2.93. The lowest BCUT2D eigenvalue weighted by Crippen LogP contribution is -2.12. The molecule has 0 radical (unpaired) electrons. The van der Waals surface area contributed by atoms with Gasteiger partial charge in [0.05, 0.1) is 11.9 Å². The van der Waals surface area contributed by atoms with Gasteiger partial charge in [0.2, 0.25) is 4.80 Å². The molecule has 3 rings (SSSR count). The summed E-state index contributed by atoms with van der Waals surface area (Å²) in [6.07, 6.45) is 1.83. The first kappa shape index (κ1) is 17.3. The molecule has 0 aliphatic heterocycles. The van der Waals surface area contributed by atoms with Gasteiger partial charge in [-0.2, -0.15) is 5.10 Å². The number of aryl methyl sites for hydroxylation is 3. The van der Waals surface area contributed by atoms with Crippen molar-refractivity contribution in [1.29, 1.82) is 0 Å². The second-order valence-corrected chi connectivity index (χ2v) is 6.81. The Morgan fingerprint density at radius 2 is 1.76 bits per heavy atom. The maximum absolute atomic E-state index is 14.2.